The summed E-state index contributed by atoms with van der Waals surface area (Å²) in [6, 6.07) is 0. The first kappa shape index (κ1) is 8.33. The summed E-state index contributed by atoms with van der Waals surface area (Å²) in [7, 11) is 0. The fourth-order valence-electron chi connectivity index (χ4n) is 1.30. The van der Waals surface area contributed by atoms with Gasteiger partial charge in [-0.05, 0) is 12.8 Å². The zero-order valence-corrected chi connectivity index (χ0v) is 6.97. The molecule has 0 spiro atoms. The summed E-state index contributed by atoms with van der Waals surface area (Å²) in [6.45, 7) is 0.986. The van der Waals surface area contributed by atoms with Crippen LogP contribution in [0.2, 0.25) is 0 Å². The molecule has 0 saturated carbocycles. The fourth-order valence-corrected chi connectivity index (χ4v) is 1.30. The zero-order chi connectivity index (χ0) is 6.97. The van der Waals surface area contributed by atoms with Crippen LogP contribution < -0.4 is 5.73 Å². The highest BCUT2D eigenvalue weighted by atomic mass is 35.5. The van der Waals surface area contributed by atoms with E-state index in [1.54, 1.807) is 0 Å². The lowest BCUT2D eigenvalue weighted by Gasteiger charge is -2.09. The first-order valence-electron chi connectivity index (χ1n) is 3.55. The summed E-state index contributed by atoms with van der Waals surface area (Å²) in [4.78, 5) is 4.08. The van der Waals surface area contributed by atoms with E-state index in [1.807, 2.05) is 4.68 Å². The van der Waals surface area contributed by atoms with E-state index in [1.165, 1.54) is 12.8 Å². The van der Waals surface area contributed by atoms with Gasteiger partial charge in [0.1, 0.15) is 5.82 Å². The van der Waals surface area contributed by atoms with Crippen molar-refractivity contribution >= 4 is 18.4 Å². The van der Waals surface area contributed by atoms with Crippen molar-refractivity contribution in [2.24, 2.45) is 0 Å². The van der Waals surface area contributed by atoms with Crippen LogP contribution in [0.15, 0.2) is 0 Å². The Balaban J connectivity index is 0.000000605. The van der Waals surface area contributed by atoms with Crippen LogP contribution >= 0.6 is 12.4 Å². The lowest BCUT2D eigenvalue weighted by molar-refractivity contribution is 0.480. The van der Waals surface area contributed by atoms with E-state index < -0.39 is 0 Å². The molecule has 62 valence electrons. The molecule has 0 saturated heterocycles. The van der Waals surface area contributed by atoms with Crippen molar-refractivity contribution in [2.45, 2.75) is 25.8 Å². The van der Waals surface area contributed by atoms with E-state index in [2.05, 4.69) is 10.1 Å². The number of hydrogen-bond acceptors (Lipinski definition) is 3. The molecular formula is C6H11ClN4. The average molecular weight is 175 g/mol. The SMILES string of the molecule is Cl.Nc1nc2n(n1)CCCC2. The van der Waals surface area contributed by atoms with Crippen LogP contribution in [0.4, 0.5) is 5.95 Å². The molecule has 2 N–H and O–H groups in total. The average Bonchev–Trinajstić information content (AvgIpc) is 2.27. The number of aryl methyl sites for hydroxylation is 2. The number of halogens is 1. The van der Waals surface area contributed by atoms with Crippen molar-refractivity contribution in [1.29, 1.82) is 0 Å². The molecule has 5 heteroatoms. The summed E-state index contributed by atoms with van der Waals surface area (Å²) in [6.07, 6.45) is 3.46. The van der Waals surface area contributed by atoms with Gasteiger partial charge in [-0.2, -0.15) is 4.98 Å². The van der Waals surface area contributed by atoms with E-state index in [9.17, 15) is 0 Å². The van der Waals surface area contributed by atoms with Crippen LogP contribution in [0.1, 0.15) is 18.7 Å². The van der Waals surface area contributed by atoms with Crippen molar-refractivity contribution in [2.75, 3.05) is 5.73 Å². The molecular weight excluding hydrogens is 164 g/mol. The molecule has 11 heavy (non-hydrogen) atoms. The van der Waals surface area contributed by atoms with Crippen molar-refractivity contribution in [3.8, 4) is 0 Å². The minimum atomic E-state index is 0. The lowest BCUT2D eigenvalue weighted by atomic mass is 10.2. The molecule has 1 aromatic heterocycles. The van der Waals surface area contributed by atoms with Gasteiger partial charge in [-0.3, -0.25) is 0 Å². The Bertz CT molecular complexity index is 221. The summed E-state index contributed by atoms with van der Waals surface area (Å²) in [5.41, 5.74) is 5.42. The third kappa shape index (κ3) is 1.45. The van der Waals surface area contributed by atoms with Gasteiger partial charge in [-0.25, -0.2) is 4.68 Å². The Morgan fingerprint density at radius 3 is 2.91 bits per heavy atom. The molecule has 2 rings (SSSR count). The van der Waals surface area contributed by atoms with Crippen LogP contribution in [0.3, 0.4) is 0 Å². The van der Waals surface area contributed by atoms with Crippen LogP contribution in [0, 0.1) is 0 Å². The molecule has 1 aliphatic rings. The molecule has 0 amide bonds. The number of nitrogens with zero attached hydrogens (tertiary/aromatic N) is 3. The highest BCUT2D eigenvalue weighted by Gasteiger charge is 2.11. The number of fused-ring (bicyclic) bond motifs is 1. The van der Waals surface area contributed by atoms with E-state index >= 15 is 0 Å². The number of nitrogens with two attached hydrogens (primary N) is 1. The Hall–Kier alpha value is -0.770. The Kier molecular flexibility index (Phi) is 2.34. The first-order chi connectivity index (χ1) is 4.86. The topological polar surface area (TPSA) is 56.7 Å². The van der Waals surface area contributed by atoms with Gasteiger partial charge in [-0.1, -0.05) is 0 Å². The number of hydrogen-bond donors (Lipinski definition) is 1. The van der Waals surface area contributed by atoms with Gasteiger partial charge in [0, 0.05) is 13.0 Å². The van der Waals surface area contributed by atoms with Gasteiger partial charge in [0.05, 0.1) is 0 Å². The zero-order valence-electron chi connectivity index (χ0n) is 6.16. The molecule has 0 aromatic carbocycles. The summed E-state index contributed by atoms with van der Waals surface area (Å²) in [5.74, 6) is 1.46. The molecule has 0 bridgehead atoms. The molecule has 0 fully saturated rings. The van der Waals surface area contributed by atoms with E-state index in [0.717, 1.165) is 18.8 Å². The Morgan fingerprint density at radius 1 is 1.36 bits per heavy atom. The van der Waals surface area contributed by atoms with Gasteiger partial charge >= 0.3 is 0 Å². The van der Waals surface area contributed by atoms with Gasteiger partial charge < -0.3 is 5.73 Å². The minimum Gasteiger partial charge on any atom is -0.366 e. The maximum absolute atomic E-state index is 5.42. The fraction of sp³-hybridized carbons (Fsp3) is 0.667. The second kappa shape index (κ2) is 3.09. The van der Waals surface area contributed by atoms with Crippen molar-refractivity contribution < 1.29 is 0 Å². The third-order valence-corrected chi connectivity index (χ3v) is 1.79. The van der Waals surface area contributed by atoms with Crippen molar-refractivity contribution in [3.63, 3.8) is 0 Å². The Morgan fingerprint density at radius 2 is 2.18 bits per heavy atom. The number of rotatable bonds is 0. The Labute approximate surface area is 71.2 Å². The molecule has 4 nitrogen and oxygen atoms in total. The molecule has 2 heterocycles. The predicted octanol–water partition coefficient (Wildman–Crippen LogP) is 0.618. The predicted molar refractivity (Wildman–Crippen MR) is 44.6 cm³/mol. The van der Waals surface area contributed by atoms with Crippen LogP contribution in [0.5, 0.6) is 0 Å². The van der Waals surface area contributed by atoms with E-state index in [-0.39, 0.29) is 12.4 Å². The van der Waals surface area contributed by atoms with E-state index in [4.69, 9.17) is 5.73 Å². The second-order valence-electron chi connectivity index (χ2n) is 2.57. The van der Waals surface area contributed by atoms with Crippen molar-refractivity contribution in [3.05, 3.63) is 5.82 Å². The molecule has 0 aliphatic carbocycles. The smallest absolute Gasteiger partial charge is 0.239 e. The number of aromatic nitrogens is 3. The van der Waals surface area contributed by atoms with Gasteiger partial charge in [0.2, 0.25) is 5.95 Å². The summed E-state index contributed by atoms with van der Waals surface area (Å²) < 4.78 is 1.90. The highest BCUT2D eigenvalue weighted by molar-refractivity contribution is 5.85. The largest absolute Gasteiger partial charge is 0.366 e. The van der Waals surface area contributed by atoms with E-state index in [0.29, 0.717) is 5.95 Å². The van der Waals surface area contributed by atoms with Gasteiger partial charge in [0.25, 0.3) is 0 Å². The first-order valence-corrected chi connectivity index (χ1v) is 3.55. The number of nitrogen functional groups attached to an aromatic ring is 1. The second-order valence-corrected chi connectivity index (χ2v) is 2.57. The highest BCUT2D eigenvalue weighted by Crippen LogP contribution is 2.11. The maximum Gasteiger partial charge on any atom is 0.239 e. The molecule has 0 atom stereocenters. The van der Waals surface area contributed by atoms with Crippen LogP contribution in [-0.2, 0) is 13.0 Å². The molecule has 1 aliphatic heterocycles. The summed E-state index contributed by atoms with van der Waals surface area (Å²) >= 11 is 0. The maximum atomic E-state index is 5.42. The number of anilines is 1. The monoisotopic (exact) mass is 174 g/mol. The van der Waals surface area contributed by atoms with Crippen molar-refractivity contribution in [1.82, 2.24) is 14.8 Å². The standard InChI is InChI=1S/C6H10N4.ClH/c7-6-8-5-3-1-2-4-10(5)9-6;/h1-4H2,(H2,7,9);1H. The summed E-state index contributed by atoms with van der Waals surface area (Å²) in [5, 5.41) is 4.03. The molecule has 0 unspecified atom stereocenters. The molecule has 0 radical (unpaired) electrons. The minimum absolute atomic E-state index is 0. The van der Waals surface area contributed by atoms with Gasteiger partial charge in [-0.15, -0.1) is 17.5 Å². The lowest BCUT2D eigenvalue weighted by Crippen LogP contribution is -2.11. The van der Waals surface area contributed by atoms with Gasteiger partial charge in [0.15, 0.2) is 0 Å². The molecule has 1 aromatic rings. The quantitative estimate of drug-likeness (QED) is 0.628. The normalized spacial score (nSPS) is 15.3. The van der Waals surface area contributed by atoms with Crippen LogP contribution in [0.25, 0.3) is 0 Å². The van der Waals surface area contributed by atoms with Crippen LogP contribution in [-0.4, -0.2) is 14.8 Å². The third-order valence-electron chi connectivity index (χ3n) is 1.79.